The molecule has 148 valence electrons. The first-order valence-corrected chi connectivity index (χ1v) is 9.40. The number of furan rings is 1. The van der Waals surface area contributed by atoms with Gasteiger partial charge in [0.25, 0.3) is 5.56 Å². The third-order valence-corrected chi connectivity index (χ3v) is 5.07. The van der Waals surface area contributed by atoms with Crippen molar-refractivity contribution in [2.45, 2.75) is 33.9 Å². The van der Waals surface area contributed by atoms with Gasteiger partial charge in [0, 0.05) is 11.4 Å². The van der Waals surface area contributed by atoms with Crippen LogP contribution in [0.4, 0.5) is 0 Å². The molecule has 7 nitrogen and oxygen atoms in total. The van der Waals surface area contributed by atoms with Crippen molar-refractivity contribution in [3.05, 3.63) is 81.9 Å². The number of rotatable bonds is 5. The van der Waals surface area contributed by atoms with E-state index in [0.29, 0.717) is 16.8 Å². The lowest BCUT2D eigenvalue weighted by molar-refractivity contribution is -0.122. The fourth-order valence-electron chi connectivity index (χ4n) is 3.47. The van der Waals surface area contributed by atoms with E-state index >= 15 is 0 Å². The lowest BCUT2D eigenvalue weighted by Gasteiger charge is -2.09. The number of carbonyl (C=O) groups is 1. The Balaban J connectivity index is 1.63. The largest absolute Gasteiger partial charge is 0.465 e. The number of hydrogen-bond acceptors (Lipinski definition) is 4. The average Bonchev–Trinajstić information content (AvgIpc) is 3.24. The zero-order valence-electron chi connectivity index (χ0n) is 16.6. The van der Waals surface area contributed by atoms with Crippen molar-refractivity contribution < 1.29 is 9.21 Å². The van der Waals surface area contributed by atoms with Crippen LogP contribution in [-0.2, 0) is 17.9 Å². The minimum atomic E-state index is -0.279. The molecule has 1 N–H and O–H groups in total. The van der Waals surface area contributed by atoms with E-state index in [2.05, 4.69) is 10.3 Å². The molecule has 4 rings (SSSR count). The Morgan fingerprint density at radius 2 is 1.86 bits per heavy atom. The van der Waals surface area contributed by atoms with Crippen LogP contribution in [0.5, 0.6) is 0 Å². The van der Waals surface area contributed by atoms with E-state index in [9.17, 15) is 9.59 Å². The van der Waals surface area contributed by atoms with Gasteiger partial charge in [-0.25, -0.2) is 4.98 Å². The fraction of sp³-hybridized carbons (Fsp3) is 0.227. The molecule has 1 amide bonds. The second kappa shape index (κ2) is 7.43. The van der Waals surface area contributed by atoms with Gasteiger partial charge in [0.15, 0.2) is 5.65 Å². The molecule has 0 saturated heterocycles. The maximum atomic E-state index is 13.1. The van der Waals surface area contributed by atoms with E-state index in [1.165, 1.54) is 10.9 Å². The highest BCUT2D eigenvalue weighted by Gasteiger charge is 2.18. The van der Waals surface area contributed by atoms with E-state index in [1.807, 2.05) is 67.8 Å². The van der Waals surface area contributed by atoms with Crippen LogP contribution < -0.4 is 10.9 Å². The van der Waals surface area contributed by atoms with Crippen molar-refractivity contribution in [1.29, 1.82) is 0 Å². The van der Waals surface area contributed by atoms with Crippen LogP contribution in [-0.4, -0.2) is 20.0 Å². The Morgan fingerprint density at radius 1 is 1.10 bits per heavy atom. The normalized spacial score (nSPS) is 11.1. The van der Waals surface area contributed by atoms with Crippen LogP contribution in [0.25, 0.3) is 16.7 Å². The van der Waals surface area contributed by atoms with E-state index < -0.39 is 0 Å². The molecule has 0 aliphatic heterocycles. The van der Waals surface area contributed by atoms with Crippen molar-refractivity contribution in [3.63, 3.8) is 0 Å². The molecule has 3 aromatic heterocycles. The number of carbonyl (C=O) groups excluding carboxylic acids is 1. The first-order valence-electron chi connectivity index (χ1n) is 9.40. The molecule has 0 saturated carbocycles. The number of para-hydroxylation sites is 1. The topological polar surface area (TPSA) is 82.1 Å². The molecule has 1 aromatic carbocycles. The Bertz CT molecular complexity index is 1250. The Labute approximate surface area is 167 Å². The number of nitrogens with zero attached hydrogens (tertiary/aromatic N) is 3. The van der Waals surface area contributed by atoms with E-state index in [0.717, 1.165) is 22.7 Å². The zero-order chi connectivity index (χ0) is 20.5. The van der Waals surface area contributed by atoms with E-state index in [4.69, 9.17) is 4.42 Å². The van der Waals surface area contributed by atoms with Crippen LogP contribution in [0, 0.1) is 20.8 Å². The van der Waals surface area contributed by atoms with Crippen LogP contribution in [0.3, 0.4) is 0 Å². The third-order valence-electron chi connectivity index (χ3n) is 5.07. The van der Waals surface area contributed by atoms with E-state index in [-0.39, 0.29) is 24.6 Å². The lowest BCUT2D eigenvalue weighted by atomic mass is 10.2. The highest BCUT2D eigenvalue weighted by Crippen LogP contribution is 2.24. The summed E-state index contributed by atoms with van der Waals surface area (Å²) >= 11 is 0. The summed E-state index contributed by atoms with van der Waals surface area (Å²) in [7, 11) is 0. The van der Waals surface area contributed by atoms with Crippen LogP contribution >= 0.6 is 0 Å². The number of amides is 1. The fourth-order valence-corrected chi connectivity index (χ4v) is 3.47. The van der Waals surface area contributed by atoms with Gasteiger partial charge in [0.05, 0.1) is 11.9 Å². The highest BCUT2D eigenvalue weighted by atomic mass is 16.3. The van der Waals surface area contributed by atoms with Crippen molar-refractivity contribution in [2.75, 3.05) is 0 Å². The first-order chi connectivity index (χ1) is 14.0. The smallest absolute Gasteiger partial charge is 0.263 e. The number of nitrogens with one attached hydrogen (secondary N) is 1. The van der Waals surface area contributed by atoms with Crippen molar-refractivity contribution in [3.8, 4) is 5.69 Å². The minimum Gasteiger partial charge on any atom is -0.465 e. The maximum absolute atomic E-state index is 13.1. The summed E-state index contributed by atoms with van der Waals surface area (Å²) < 4.78 is 8.75. The monoisotopic (exact) mass is 390 g/mol. The molecule has 29 heavy (non-hydrogen) atoms. The molecule has 7 heteroatoms. The van der Waals surface area contributed by atoms with Gasteiger partial charge in [0.1, 0.15) is 24.4 Å². The van der Waals surface area contributed by atoms with Crippen LogP contribution in [0.2, 0.25) is 0 Å². The van der Waals surface area contributed by atoms with Crippen LogP contribution in [0.1, 0.15) is 22.8 Å². The number of aryl methyl sites for hydroxylation is 2. The number of hydrogen-bond donors (Lipinski definition) is 1. The molecule has 0 spiro atoms. The Morgan fingerprint density at radius 3 is 2.55 bits per heavy atom. The molecule has 0 atom stereocenters. The zero-order valence-corrected chi connectivity index (χ0v) is 16.6. The maximum Gasteiger partial charge on any atom is 0.263 e. The standard InChI is InChI=1S/C22H22N4O3/c1-14-9-10-18(29-14)11-23-19(27)12-25-13-24-21-20(22(25)28)15(2)16(3)26(21)17-7-5-4-6-8-17/h4-10,13H,11-12H2,1-3H3,(H,23,27). The van der Waals surface area contributed by atoms with E-state index in [1.54, 1.807) is 0 Å². The molecule has 0 unspecified atom stereocenters. The van der Waals surface area contributed by atoms with Gasteiger partial charge in [0.2, 0.25) is 5.91 Å². The molecular formula is C22H22N4O3. The number of fused-ring (bicyclic) bond motifs is 1. The van der Waals surface area contributed by atoms with Gasteiger partial charge in [-0.3, -0.25) is 18.7 Å². The minimum absolute atomic E-state index is 0.101. The molecule has 0 fully saturated rings. The van der Waals surface area contributed by atoms with Gasteiger partial charge in [-0.15, -0.1) is 0 Å². The Kier molecular flexibility index (Phi) is 4.80. The molecule has 0 bridgehead atoms. The third kappa shape index (κ3) is 3.47. The molecule has 0 aliphatic rings. The molecular weight excluding hydrogens is 368 g/mol. The van der Waals surface area contributed by atoms with Gasteiger partial charge < -0.3 is 9.73 Å². The summed E-state index contributed by atoms with van der Waals surface area (Å²) in [5.74, 6) is 1.18. The summed E-state index contributed by atoms with van der Waals surface area (Å²) in [4.78, 5) is 29.9. The predicted molar refractivity (Wildman–Crippen MR) is 110 cm³/mol. The summed E-state index contributed by atoms with van der Waals surface area (Å²) in [6.45, 7) is 5.89. The van der Waals surface area contributed by atoms with Gasteiger partial charge in [-0.05, 0) is 50.6 Å². The van der Waals surface area contributed by atoms with Crippen molar-refractivity contribution >= 4 is 16.9 Å². The predicted octanol–water partition coefficient (Wildman–Crippen LogP) is 3.02. The quantitative estimate of drug-likeness (QED) is 0.568. The summed E-state index contributed by atoms with van der Waals surface area (Å²) in [5.41, 5.74) is 3.13. The summed E-state index contributed by atoms with van der Waals surface area (Å²) in [5, 5.41) is 3.30. The lowest BCUT2D eigenvalue weighted by Crippen LogP contribution is -2.32. The summed E-state index contributed by atoms with van der Waals surface area (Å²) in [6, 6.07) is 13.4. The van der Waals surface area contributed by atoms with Gasteiger partial charge in [-0.2, -0.15) is 0 Å². The second-order valence-corrected chi connectivity index (χ2v) is 7.05. The molecule has 4 aromatic rings. The van der Waals surface area contributed by atoms with Gasteiger partial charge >= 0.3 is 0 Å². The molecule has 3 heterocycles. The first kappa shape index (κ1) is 18.7. The van der Waals surface area contributed by atoms with Crippen LogP contribution in [0.15, 0.2) is 58.0 Å². The molecule has 0 radical (unpaired) electrons. The summed E-state index contributed by atoms with van der Waals surface area (Å²) in [6.07, 6.45) is 1.43. The van der Waals surface area contributed by atoms with Crippen molar-refractivity contribution in [1.82, 2.24) is 19.4 Å². The second-order valence-electron chi connectivity index (χ2n) is 7.05. The Hall–Kier alpha value is -3.61. The van der Waals surface area contributed by atoms with Gasteiger partial charge in [-0.1, -0.05) is 18.2 Å². The average molecular weight is 390 g/mol. The number of aromatic nitrogens is 3. The highest BCUT2D eigenvalue weighted by molar-refractivity contribution is 5.83. The molecule has 0 aliphatic carbocycles. The number of benzene rings is 1. The SMILES string of the molecule is Cc1ccc(CNC(=O)Cn2cnc3c(c(C)c(C)n3-c3ccccc3)c2=O)o1. The van der Waals surface area contributed by atoms with Crippen molar-refractivity contribution in [2.24, 2.45) is 0 Å².